The summed E-state index contributed by atoms with van der Waals surface area (Å²) in [5.41, 5.74) is 8.08. The van der Waals surface area contributed by atoms with E-state index in [1.165, 1.54) is 13.4 Å². The van der Waals surface area contributed by atoms with Crippen LogP contribution in [0.3, 0.4) is 0 Å². The molecule has 0 spiro atoms. The van der Waals surface area contributed by atoms with Gasteiger partial charge in [-0.2, -0.15) is 4.98 Å². The molecule has 0 bridgehead atoms. The van der Waals surface area contributed by atoms with Crippen molar-refractivity contribution in [2.45, 2.75) is 0 Å². The van der Waals surface area contributed by atoms with Crippen LogP contribution in [0.2, 0.25) is 5.02 Å². The van der Waals surface area contributed by atoms with Crippen LogP contribution in [0.1, 0.15) is 0 Å². The number of nitrogens with two attached hydrogens (primary N) is 1. The van der Waals surface area contributed by atoms with E-state index >= 15 is 0 Å². The van der Waals surface area contributed by atoms with Crippen molar-refractivity contribution in [3.8, 4) is 23.2 Å². The van der Waals surface area contributed by atoms with Gasteiger partial charge in [-0.15, -0.1) is 0 Å². The molecule has 154 valence electrons. The third-order valence-corrected chi connectivity index (χ3v) is 4.56. The second-order valence-corrected chi connectivity index (χ2v) is 6.52. The number of imidazole rings is 1. The fraction of sp³-hybridized carbons (Fsp3) is 0.158. The molecule has 0 atom stereocenters. The normalized spacial score (nSPS) is 10.8. The van der Waals surface area contributed by atoms with Gasteiger partial charge in [-0.25, -0.2) is 19.5 Å². The Hall–Kier alpha value is -3.79. The van der Waals surface area contributed by atoms with Gasteiger partial charge >= 0.3 is 0 Å². The van der Waals surface area contributed by atoms with Crippen molar-refractivity contribution in [3.63, 3.8) is 0 Å². The number of aromatic nitrogens is 5. The van der Waals surface area contributed by atoms with E-state index in [4.69, 9.17) is 31.5 Å². The highest BCUT2D eigenvalue weighted by molar-refractivity contribution is 6.31. The smallest absolute Gasteiger partial charge is 0.241 e. The minimum Gasteiger partial charge on any atom is -0.493 e. The molecule has 0 unspecified atom stereocenters. The van der Waals surface area contributed by atoms with Crippen molar-refractivity contribution in [1.82, 2.24) is 24.5 Å². The number of nitrogens with one attached hydrogen (secondary N) is 1. The standard InChI is InChI=1S/C19H18ClN7O3/c1-28-14-7-11(8-15(29-2)16(14)30-3)24-18-22-9-23-19(26-18)27-13-6-10(20)4-5-12(13)25-17(27)21/h4-9H,1-3H3,(H2,21,25)(H,22,23,24,26). The molecule has 2 aromatic carbocycles. The fourth-order valence-electron chi connectivity index (χ4n) is 3.02. The molecule has 0 saturated carbocycles. The molecule has 4 rings (SSSR count). The van der Waals surface area contributed by atoms with E-state index in [9.17, 15) is 0 Å². The third kappa shape index (κ3) is 3.48. The highest BCUT2D eigenvalue weighted by Crippen LogP contribution is 2.40. The molecule has 0 amide bonds. The summed E-state index contributed by atoms with van der Waals surface area (Å²) < 4.78 is 17.7. The van der Waals surface area contributed by atoms with E-state index in [1.807, 2.05) is 0 Å². The van der Waals surface area contributed by atoms with Gasteiger partial charge < -0.3 is 25.3 Å². The van der Waals surface area contributed by atoms with E-state index < -0.39 is 0 Å². The largest absolute Gasteiger partial charge is 0.493 e. The van der Waals surface area contributed by atoms with E-state index in [2.05, 4.69) is 25.3 Å². The molecular formula is C19H18ClN7O3. The maximum atomic E-state index is 6.13. The lowest BCUT2D eigenvalue weighted by molar-refractivity contribution is 0.324. The third-order valence-electron chi connectivity index (χ3n) is 4.32. The van der Waals surface area contributed by atoms with Crippen LogP contribution in [-0.4, -0.2) is 45.8 Å². The Bertz CT molecular complexity index is 1200. The molecule has 0 aliphatic carbocycles. The molecule has 0 radical (unpaired) electrons. The van der Waals surface area contributed by atoms with Crippen LogP contribution in [0, 0.1) is 0 Å². The maximum Gasteiger partial charge on any atom is 0.241 e. The Balaban J connectivity index is 1.74. The van der Waals surface area contributed by atoms with Gasteiger partial charge in [-0.1, -0.05) is 11.6 Å². The fourth-order valence-corrected chi connectivity index (χ4v) is 3.18. The first kappa shape index (κ1) is 19.5. The number of methoxy groups -OCH3 is 3. The molecule has 0 saturated heterocycles. The monoisotopic (exact) mass is 427 g/mol. The molecular weight excluding hydrogens is 410 g/mol. The number of hydrogen-bond acceptors (Lipinski definition) is 9. The van der Waals surface area contributed by atoms with Gasteiger partial charge in [0.15, 0.2) is 11.5 Å². The number of benzene rings is 2. The molecule has 10 nitrogen and oxygen atoms in total. The van der Waals surface area contributed by atoms with Crippen molar-refractivity contribution in [3.05, 3.63) is 41.7 Å². The van der Waals surface area contributed by atoms with Gasteiger partial charge in [0, 0.05) is 22.8 Å². The Morgan fingerprint density at radius 2 is 1.70 bits per heavy atom. The molecule has 2 aromatic heterocycles. The maximum absolute atomic E-state index is 6.13. The second-order valence-electron chi connectivity index (χ2n) is 6.09. The minimum absolute atomic E-state index is 0.234. The van der Waals surface area contributed by atoms with Gasteiger partial charge in [0.25, 0.3) is 0 Å². The lowest BCUT2D eigenvalue weighted by Gasteiger charge is -2.14. The second kappa shape index (κ2) is 7.91. The summed E-state index contributed by atoms with van der Waals surface area (Å²) in [6.45, 7) is 0. The first-order chi connectivity index (χ1) is 14.5. The van der Waals surface area contributed by atoms with Crippen LogP contribution >= 0.6 is 11.6 Å². The van der Waals surface area contributed by atoms with Crippen molar-refractivity contribution in [2.75, 3.05) is 32.4 Å². The number of anilines is 3. The summed E-state index contributed by atoms with van der Waals surface area (Å²) in [6, 6.07) is 8.75. The zero-order chi connectivity index (χ0) is 21.3. The van der Waals surface area contributed by atoms with Crippen molar-refractivity contribution < 1.29 is 14.2 Å². The minimum atomic E-state index is 0.234. The Labute approximate surface area is 176 Å². The first-order valence-corrected chi connectivity index (χ1v) is 9.11. The van der Waals surface area contributed by atoms with Crippen LogP contribution in [-0.2, 0) is 0 Å². The molecule has 11 heteroatoms. The van der Waals surface area contributed by atoms with Crippen molar-refractivity contribution in [1.29, 1.82) is 0 Å². The molecule has 0 aliphatic heterocycles. The van der Waals surface area contributed by atoms with Crippen molar-refractivity contribution in [2.24, 2.45) is 0 Å². The molecule has 0 fully saturated rings. The van der Waals surface area contributed by atoms with Gasteiger partial charge in [-0.3, -0.25) is 0 Å². The summed E-state index contributed by atoms with van der Waals surface area (Å²) in [6.07, 6.45) is 1.37. The van der Waals surface area contributed by atoms with E-state index in [1.54, 1.807) is 49.1 Å². The van der Waals surface area contributed by atoms with Gasteiger partial charge in [0.1, 0.15) is 6.33 Å². The van der Waals surface area contributed by atoms with Gasteiger partial charge in [0.05, 0.1) is 32.4 Å². The quantitative estimate of drug-likeness (QED) is 0.477. The predicted molar refractivity (Wildman–Crippen MR) is 113 cm³/mol. The van der Waals surface area contributed by atoms with Gasteiger partial charge in [-0.05, 0) is 18.2 Å². The predicted octanol–water partition coefficient (Wildman–Crippen LogP) is 3.22. The lowest BCUT2D eigenvalue weighted by Crippen LogP contribution is -2.08. The summed E-state index contributed by atoms with van der Waals surface area (Å²) >= 11 is 6.13. The van der Waals surface area contributed by atoms with Crippen LogP contribution in [0.25, 0.3) is 17.0 Å². The number of halogens is 1. The average molecular weight is 428 g/mol. The van der Waals surface area contributed by atoms with Crippen LogP contribution in [0.5, 0.6) is 17.2 Å². The Morgan fingerprint density at radius 1 is 0.967 bits per heavy atom. The number of hydrogen-bond donors (Lipinski definition) is 2. The molecule has 30 heavy (non-hydrogen) atoms. The number of fused-ring (bicyclic) bond motifs is 1. The first-order valence-electron chi connectivity index (χ1n) is 8.74. The molecule has 3 N–H and O–H groups in total. The number of nitrogen functional groups attached to an aromatic ring is 1. The van der Waals surface area contributed by atoms with Crippen LogP contribution < -0.4 is 25.3 Å². The molecule has 4 aromatic rings. The van der Waals surface area contributed by atoms with Crippen molar-refractivity contribution >= 4 is 40.2 Å². The highest BCUT2D eigenvalue weighted by Gasteiger charge is 2.16. The average Bonchev–Trinajstić information content (AvgIpc) is 3.08. The summed E-state index contributed by atoms with van der Waals surface area (Å²) in [5, 5.41) is 3.66. The van der Waals surface area contributed by atoms with E-state index in [0.29, 0.717) is 44.9 Å². The van der Waals surface area contributed by atoms with E-state index in [0.717, 1.165) is 0 Å². The van der Waals surface area contributed by atoms with Gasteiger partial charge in [0.2, 0.25) is 23.6 Å². The lowest BCUT2D eigenvalue weighted by atomic mass is 10.2. The highest BCUT2D eigenvalue weighted by atomic mass is 35.5. The number of nitrogens with zero attached hydrogens (tertiary/aromatic N) is 5. The number of ether oxygens (including phenoxy) is 3. The topological polar surface area (TPSA) is 122 Å². The zero-order valence-electron chi connectivity index (χ0n) is 16.4. The summed E-state index contributed by atoms with van der Waals surface area (Å²) in [4.78, 5) is 17.2. The molecule has 2 heterocycles. The summed E-state index contributed by atoms with van der Waals surface area (Å²) in [7, 11) is 4.62. The van der Waals surface area contributed by atoms with Crippen LogP contribution in [0.4, 0.5) is 17.6 Å². The molecule has 0 aliphatic rings. The Kier molecular flexibility index (Phi) is 5.15. The SMILES string of the molecule is COc1cc(Nc2ncnc(-n3c(N)nc4ccc(Cl)cc43)n2)cc(OC)c1OC. The summed E-state index contributed by atoms with van der Waals surface area (Å²) in [5.74, 6) is 2.29. The van der Waals surface area contributed by atoms with Crippen LogP contribution in [0.15, 0.2) is 36.7 Å². The Morgan fingerprint density at radius 3 is 2.37 bits per heavy atom. The van der Waals surface area contributed by atoms with E-state index in [-0.39, 0.29) is 11.9 Å². The number of rotatable bonds is 6. The zero-order valence-corrected chi connectivity index (χ0v) is 17.1.